The van der Waals surface area contributed by atoms with Gasteiger partial charge in [-0.2, -0.15) is 8.78 Å². The first kappa shape index (κ1) is 21.1. The second kappa shape index (κ2) is 10.8. The molecule has 0 spiro atoms. The highest BCUT2D eigenvalue weighted by Crippen LogP contribution is 2.16. The normalized spacial score (nSPS) is 11.7. The summed E-state index contributed by atoms with van der Waals surface area (Å²) in [6, 6.07) is 6.65. The highest BCUT2D eigenvalue weighted by Gasteiger charge is 2.08. The first-order valence-corrected chi connectivity index (χ1v) is 9.86. The highest BCUT2D eigenvalue weighted by molar-refractivity contribution is 7.09. The molecular weight excluding hydrogens is 370 g/mol. The quantitative estimate of drug-likeness (QED) is 0.515. The lowest BCUT2D eigenvalue weighted by Gasteiger charge is -2.22. The van der Waals surface area contributed by atoms with Crippen LogP contribution < -0.4 is 10.1 Å². The first-order chi connectivity index (χ1) is 13.0. The molecule has 1 aromatic heterocycles. The lowest BCUT2D eigenvalue weighted by molar-refractivity contribution is -0.0498. The van der Waals surface area contributed by atoms with Crippen molar-refractivity contribution < 1.29 is 13.5 Å². The molecule has 0 radical (unpaired) electrons. The molecular formula is C19H26F2N4OS. The fraction of sp³-hybridized carbons (Fsp3) is 0.474. The summed E-state index contributed by atoms with van der Waals surface area (Å²) in [7, 11) is 1.95. The van der Waals surface area contributed by atoms with Gasteiger partial charge in [0.1, 0.15) is 5.75 Å². The van der Waals surface area contributed by atoms with Crippen LogP contribution in [0.3, 0.4) is 0 Å². The molecule has 0 bridgehead atoms. The molecule has 0 saturated carbocycles. The summed E-state index contributed by atoms with van der Waals surface area (Å²) in [5, 5.41) is 6.52. The van der Waals surface area contributed by atoms with Gasteiger partial charge in [-0.1, -0.05) is 19.1 Å². The standard InChI is InChI=1S/C19H26F2N4OS/c1-4-17-24-15(13-27-17)10-11-23-19(22-5-2)25(3)12-14-6-8-16(9-7-14)26-18(20)21/h6-9,13,18H,4-5,10-12H2,1-3H3,(H,22,23). The molecule has 0 atom stereocenters. The number of aromatic nitrogens is 1. The monoisotopic (exact) mass is 396 g/mol. The summed E-state index contributed by atoms with van der Waals surface area (Å²) in [4.78, 5) is 11.2. The molecule has 2 rings (SSSR count). The van der Waals surface area contributed by atoms with Crippen molar-refractivity contribution >= 4 is 17.3 Å². The Morgan fingerprint density at radius 3 is 2.63 bits per heavy atom. The van der Waals surface area contributed by atoms with Gasteiger partial charge in [0.25, 0.3) is 0 Å². The minimum atomic E-state index is -2.81. The maximum absolute atomic E-state index is 12.2. The van der Waals surface area contributed by atoms with E-state index in [2.05, 4.69) is 32.3 Å². The Labute approximate surface area is 163 Å². The average Bonchev–Trinajstić information content (AvgIpc) is 3.10. The third kappa shape index (κ3) is 7.13. The zero-order chi connectivity index (χ0) is 19.6. The van der Waals surface area contributed by atoms with Crippen LogP contribution in [0, 0.1) is 0 Å². The fourth-order valence-electron chi connectivity index (χ4n) is 2.50. The molecule has 0 aliphatic rings. The van der Waals surface area contributed by atoms with E-state index in [0.29, 0.717) is 13.1 Å². The molecule has 8 heteroatoms. The van der Waals surface area contributed by atoms with E-state index < -0.39 is 6.61 Å². The van der Waals surface area contributed by atoms with Gasteiger partial charge in [0.05, 0.1) is 10.7 Å². The molecule has 27 heavy (non-hydrogen) atoms. The molecule has 2 aromatic rings. The molecule has 0 unspecified atom stereocenters. The summed E-state index contributed by atoms with van der Waals surface area (Å²) in [6.45, 7) is 3.34. The lowest BCUT2D eigenvalue weighted by Crippen LogP contribution is -2.38. The molecule has 148 valence electrons. The molecule has 0 fully saturated rings. The Morgan fingerprint density at radius 2 is 2.04 bits per heavy atom. The fourth-order valence-corrected chi connectivity index (χ4v) is 3.28. The van der Waals surface area contributed by atoms with E-state index in [1.54, 1.807) is 35.6 Å². The van der Waals surface area contributed by atoms with Gasteiger partial charge in [-0.15, -0.1) is 11.3 Å². The van der Waals surface area contributed by atoms with Crippen LogP contribution in [0.2, 0.25) is 0 Å². The Balaban J connectivity index is 1.93. The predicted molar refractivity (Wildman–Crippen MR) is 106 cm³/mol. The van der Waals surface area contributed by atoms with Gasteiger partial charge in [-0.3, -0.25) is 4.99 Å². The number of alkyl halides is 2. The van der Waals surface area contributed by atoms with Crippen LogP contribution >= 0.6 is 11.3 Å². The number of guanidine groups is 1. The Morgan fingerprint density at radius 1 is 1.30 bits per heavy atom. The number of nitrogens with zero attached hydrogens (tertiary/aromatic N) is 3. The second-order valence-corrected chi connectivity index (χ2v) is 6.89. The minimum absolute atomic E-state index is 0.159. The van der Waals surface area contributed by atoms with Crippen molar-refractivity contribution in [2.45, 2.75) is 39.8 Å². The maximum atomic E-state index is 12.2. The van der Waals surface area contributed by atoms with Crippen molar-refractivity contribution in [2.24, 2.45) is 4.99 Å². The lowest BCUT2D eigenvalue weighted by atomic mass is 10.2. The average molecular weight is 397 g/mol. The van der Waals surface area contributed by atoms with Crippen LogP contribution in [0.5, 0.6) is 5.75 Å². The summed E-state index contributed by atoms with van der Waals surface area (Å²) in [5.74, 6) is 0.961. The summed E-state index contributed by atoms with van der Waals surface area (Å²) >= 11 is 1.69. The predicted octanol–water partition coefficient (Wildman–Crippen LogP) is 3.95. The van der Waals surface area contributed by atoms with Crippen LogP contribution in [0.15, 0.2) is 34.6 Å². The van der Waals surface area contributed by atoms with Gasteiger partial charge in [0.2, 0.25) is 0 Å². The molecule has 5 nitrogen and oxygen atoms in total. The first-order valence-electron chi connectivity index (χ1n) is 8.98. The Hall–Kier alpha value is -2.22. The molecule has 0 aliphatic heterocycles. The number of hydrogen-bond donors (Lipinski definition) is 1. The third-order valence-corrected chi connectivity index (χ3v) is 4.84. The van der Waals surface area contributed by atoms with Crippen molar-refractivity contribution in [1.82, 2.24) is 15.2 Å². The van der Waals surface area contributed by atoms with E-state index in [0.717, 1.165) is 41.6 Å². The second-order valence-electron chi connectivity index (χ2n) is 5.95. The summed E-state index contributed by atoms with van der Waals surface area (Å²) in [5.41, 5.74) is 2.06. The Kier molecular flexibility index (Phi) is 8.44. The van der Waals surface area contributed by atoms with E-state index in [1.807, 2.05) is 18.9 Å². The summed E-state index contributed by atoms with van der Waals surface area (Å²) in [6.07, 6.45) is 1.76. The number of aliphatic imine (C=N–C) groups is 1. The largest absolute Gasteiger partial charge is 0.435 e. The van der Waals surface area contributed by atoms with E-state index in [4.69, 9.17) is 0 Å². The van der Waals surface area contributed by atoms with Gasteiger partial charge >= 0.3 is 6.61 Å². The number of benzene rings is 1. The van der Waals surface area contributed by atoms with E-state index >= 15 is 0 Å². The van der Waals surface area contributed by atoms with Gasteiger partial charge in [0, 0.05) is 38.5 Å². The minimum Gasteiger partial charge on any atom is -0.435 e. The van der Waals surface area contributed by atoms with Gasteiger partial charge in [-0.25, -0.2) is 4.98 Å². The van der Waals surface area contributed by atoms with Crippen LogP contribution in [0.4, 0.5) is 8.78 Å². The highest BCUT2D eigenvalue weighted by atomic mass is 32.1. The van der Waals surface area contributed by atoms with Crippen molar-refractivity contribution in [3.05, 3.63) is 45.9 Å². The third-order valence-electron chi connectivity index (χ3n) is 3.80. The zero-order valence-electron chi connectivity index (χ0n) is 15.9. The molecule has 0 saturated heterocycles. The molecule has 0 amide bonds. The van der Waals surface area contributed by atoms with Gasteiger partial charge in [0.15, 0.2) is 5.96 Å². The van der Waals surface area contributed by atoms with Crippen molar-refractivity contribution in [3.63, 3.8) is 0 Å². The van der Waals surface area contributed by atoms with Gasteiger partial charge in [-0.05, 0) is 31.0 Å². The van der Waals surface area contributed by atoms with E-state index in [-0.39, 0.29) is 5.75 Å². The number of hydrogen-bond acceptors (Lipinski definition) is 4. The number of nitrogens with one attached hydrogen (secondary N) is 1. The van der Waals surface area contributed by atoms with Crippen molar-refractivity contribution in [3.8, 4) is 5.75 Å². The number of halogens is 2. The smallest absolute Gasteiger partial charge is 0.387 e. The number of rotatable bonds is 9. The molecule has 1 N–H and O–H groups in total. The van der Waals surface area contributed by atoms with Crippen molar-refractivity contribution in [2.75, 3.05) is 20.1 Å². The number of ether oxygens (including phenoxy) is 1. The molecule has 1 aromatic carbocycles. The van der Waals surface area contributed by atoms with Crippen LogP contribution in [-0.4, -0.2) is 42.6 Å². The Bertz CT molecular complexity index is 719. The summed E-state index contributed by atoms with van der Waals surface area (Å²) < 4.78 is 28.8. The zero-order valence-corrected chi connectivity index (χ0v) is 16.7. The molecule has 1 heterocycles. The maximum Gasteiger partial charge on any atom is 0.387 e. The van der Waals surface area contributed by atoms with Crippen LogP contribution in [0.25, 0.3) is 0 Å². The van der Waals surface area contributed by atoms with E-state index in [9.17, 15) is 8.78 Å². The van der Waals surface area contributed by atoms with Gasteiger partial charge < -0.3 is 15.0 Å². The van der Waals surface area contributed by atoms with Crippen LogP contribution in [-0.2, 0) is 19.4 Å². The van der Waals surface area contributed by atoms with E-state index in [1.165, 1.54) is 0 Å². The number of thiazole rings is 1. The van der Waals surface area contributed by atoms with Crippen LogP contribution in [0.1, 0.15) is 30.1 Å². The van der Waals surface area contributed by atoms with Crippen molar-refractivity contribution in [1.29, 1.82) is 0 Å². The SMILES string of the molecule is CCNC(=NCCc1csc(CC)n1)N(C)Cc1ccc(OC(F)F)cc1. The topological polar surface area (TPSA) is 49.8 Å². The number of aryl methyl sites for hydroxylation is 1. The molecule has 0 aliphatic carbocycles.